The lowest BCUT2D eigenvalue weighted by molar-refractivity contribution is -0.158. The molecule has 0 saturated carbocycles. The highest BCUT2D eigenvalue weighted by Gasteiger charge is 2.26. The molecular formula is C28H37N3O4. The van der Waals surface area contributed by atoms with Crippen LogP contribution >= 0.6 is 0 Å². The van der Waals surface area contributed by atoms with E-state index in [1.165, 1.54) is 11.6 Å². The number of rotatable bonds is 12. The molecule has 2 rings (SSSR count). The van der Waals surface area contributed by atoms with Gasteiger partial charge in [-0.3, -0.25) is 4.79 Å². The van der Waals surface area contributed by atoms with Crippen LogP contribution in [0.2, 0.25) is 0 Å². The predicted octanol–water partition coefficient (Wildman–Crippen LogP) is 4.56. The number of aromatic nitrogens is 2. The summed E-state index contributed by atoms with van der Waals surface area (Å²) in [6.07, 6.45) is 16.0. The van der Waals surface area contributed by atoms with Gasteiger partial charge in [0.25, 0.3) is 0 Å². The molecule has 0 aliphatic heterocycles. The first-order valence-electron chi connectivity index (χ1n) is 11.8. The zero-order valence-electron chi connectivity index (χ0n) is 21.3. The van der Waals surface area contributed by atoms with Crippen molar-refractivity contribution in [1.82, 2.24) is 14.9 Å². The van der Waals surface area contributed by atoms with Gasteiger partial charge in [-0.15, -0.1) is 0 Å². The van der Waals surface area contributed by atoms with Crippen LogP contribution in [0.4, 0.5) is 0 Å². The van der Waals surface area contributed by atoms with E-state index in [-0.39, 0.29) is 18.5 Å². The Hall–Kier alpha value is -3.45. The average Bonchev–Trinajstić information content (AvgIpc) is 3.28. The minimum atomic E-state index is -0.542. The SMILES string of the molecule is CC(C)[C@H](NCC=CC(=O)OCC=CC=Cc1ccc(Cn2ccnc2)cc1)C(=O)OC(C)(C)C. The Morgan fingerprint density at radius 3 is 2.49 bits per heavy atom. The molecule has 0 bridgehead atoms. The van der Waals surface area contributed by atoms with E-state index in [4.69, 9.17) is 9.47 Å². The van der Waals surface area contributed by atoms with Crippen molar-refractivity contribution < 1.29 is 19.1 Å². The van der Waals surface area contributed by atoms with Gasteiger partial charge in [0.15, 0.2) is 0 Å². The van der Waals surface area contributed by atoms with Gasteiger partial charge in [0.1, 0.15) is 18.2 Å². The monoisotopic (exact) mass is 479 g/mol. The second kappa shape index (κ2) is 14.1. The number of carbonyl (C=O) groups excluding carboxylic acids is 2. The van der Waals surface area contributed by atoms with Crippen molar-refractivity contribution in [2.24, 2.45) is 5.92 Å². The van der Waals surface area contributed by atoms with Crippen molar-refractivity contribution >= 4 is 18.0 Å². The molecule has 1 aromatic carbocycles. The fraction of sp³-hybridized carbons (Fsp3) is 0.393. The Bertz CT molecular complexity index is 998. The van der Waals surface area contributed by atoms with E-state index in [0.29, 0.717) is 6.54 Å². The quantitative estimate of drug-likeness (QED) is 0.273. The van der Waals surface area contributed by atoms with E-state index in [2.05, 4.69) is 34.6 Å². The summed E-state index contributed by atoms with van der Waals surface area (Å²) in [5, 5.41) is 3.11. The molecular weight excluding hydrogens is 442 g/mol. The molecule has 0 amide bonds. The van der Waals surface area contributed by atoms with Crippen LogP contribution in [0.5, 0.6) is 0 Å². The zero-order valence-corrected chi connectivity index (χ0v) is 21.3. The van der Waals surface area contributed by atoms with Crippen LogP contribution in [0.3, 0.4) is 0 Å². The highest BCUT2D eigenvalue weighted by Crippen LogP contribution is 2.12. The first-order chi connectivity index (χ1) is 16.6. The molecule has 1 aromatic heterocycles. The third-order valence-corrected chi connectivity index (χ3v) is 4.80. The van der Waals surface area contributed by atoms with Gasteiger partial charge < -0.3 is 19.4 Å². The van der Waals surface area contributed by atoms with E-state index < -0.39 is 17.6 Å². The van der Waals surface area contributed by atoms with Crippen molar-refractivity contribution in [1.29, 1.82) is 0 Å². The van der Waals surface area contributed by atoms with Gasteiger partial charge in [-0.2, -0.15) is 0 Å². The first kappa shape index (κ1) is 27.8. The molecule has 0 aliphatic rings. The summed E-state index contributed by atoms with van der Waals surface area (Å²) < 4.78 is 12.6. The van der Waals surface area contributed by atoms with Crippen LogP contribution in [-0.2, 0) is 25.6 Å². The van der Waals surface area contributed by atoms with Crippen LogP contribution in [0.25, 0.3) is 6.08 Å². The van der Waals surface area contributed by atoms with Crippen molar-refractivity contribution in [2.45, 2.75) is 52.8 Å². The van der Waals surface area contributed by atoms with Gasteiger partial charge in [-0.1, -0.05) is 62.4 Å². The Labute approximate surface area is 208 Å². The summed E-state index contributed by atoms with van der Waals surface area (Å²) in [6.45, 7) is 10.7. The molecule has 0 saturated heterocycles. The summed E-state index contributed by atoms with van der Waals surface area (Å²) in [4.78, 5) is 28.2. The summed E-state index contributed by atoms with van der Waals surface area (Å²) in [7, 11) is 0. The molecule has 0 radical (unpaired) electrons. The fourth-order valence-corrected chi connectivity index (χ4v) is 3.11. The van der Waals surface area contributed by atoms with Gasteiger partial charge in [-0.25, -0.2) is 9.78 Å². The second-order valence-corrected chi connectivity index (χ2v) is 9.46. The van der Waals surface area contributed by atoms with Crippen LogP contribution in [0, 0.1) is 5.92 Å². The molecule has 188 valence electrons. The Kier molecular flexibility index (Phi) is 11.2. The van der Waals surface area contributed by atoms with E-state index in [9.17, 15) is 9.59 Å². The topological polar surface area (TPSA) is 82.5 Å². The van der Waals surface area contributed by atoms with Gasteiger partial charge in [0.05, 0.1) is 6.33 Å². The molecule has 7 heteroatoms. The van der Waals surface area contributed by atoms with E-state index in [0.717, 1.165) is 12.1 Å². The summed E-state index contributed by atoms with van der Waals surface area (Å²) in [5.74, 6) is -0.678. The normalized spacial score (nSPS) is 13.2. The molecule has 0 aliphatic carbocycles. The minimum Gasteiger partial charge on any atom is -0.459 e. The number of hydrogen-bond donors (Lipinski definition) is 1. The number of benzene rings is 1. The molecule has 0 fully saturated rings. The van der Waals surface area contributed by atoms with Crippen LogP contribution in [0.15, 0.2) is 73.4 Å². The van der Waals surface area contributed by atoms with Crippen LogP contribution in [0.1, 0.15) is 45.7 Å². The number of carbonyl (C=O) groups is 2. The summed E-state index contributed by atoms with van der Waals surface area (Å²) >= 11 is 0. The minimum absolute atomic E-state index is 0.0589. The van der Waals surface area contributed by atoms with Crippen molar-refractivity contribution in [3.05, 3.63) is 84.5 Å². The number of ether oxygens (including phenoxy) is 2. The molecule has 35 heavy (non-hydrogen) atoms. The number of allylic oxidation sites excluding steroid dienone is 2. The summed E-state index contributed by atoms with van der Waals surface area (Å²) in [6, 6.07) is 7.84. The number of hydrogen-bond acceptors (Lipinski definition) is 6. The second-order valence-electron chi connectivity index (χ2n) is 9.46. The molecule has 0 spiro atoms. The predicted molar refractivity (Wildman–Crippen MR) is 139 cm³/mol. The molecule has 2 aromatic rings. The van der Waals surface area contributed by atoms with Gasteiger partial charge >= 0.3 is 11.9 Å². The van der Waals surface area contributed by atoms with E-state index >= 15 is 0 Å². The maximum atomic E-state index is 12.3. The lowest BCUT2D eigenvalue weighted by Crippen LogP contribution is -2.44. The fourth-order valence-electron chi connectivity index (χ4n) is 3.11. The summed E-state index contributed by atoms with van der Waals surface area (Å²) in [5.41, 5.74) is 1.75. The standard InChI is InChI=1S/C28H37N3O4/c1-22(2)26(27(33)35-28(3,4)5)30-16-9-11-25(32)34-19-8-6-7-10-23-12-14-24(15-13-23)20-31-18-17-29-21-31/h6-15,17-18,21-22,26,30H,16,19-20H2,1-5H3/t26-/m0/s1. The Balaban J connectivity index is 1.67. The third kappa shape index (κ3) is 11.5. The van der Waals surface area contributed by atoms with Crippen LogP contribution in [-0.4, -0.2) is 46.3 Å². The van der Waals surface area contributed by atoms with E-state index in [1.807, 2.05) is 63.6 Å². The smallest absolute Gasteiger partial charge is 0.330 e. The average molecular weight is 480 g/mol. The maximum absolute atomic E-state index is 12.3. The maximum Gasteiger partial charge on any atom is 0.330 e. The van der Waals surface area contributed by atoms with Crippen molar-refractivity contribution in [3.8, 4) is 0 Å². The molecule has 1 heterocycles. The molecule has 1 N–H and O–H groups in total. The lowest BCUT2D eigenvalue weighted by Gasteiger charge is -2.26. The highest BCUT2D eigenvalue weighted by atomic mass is 16.6. The highest BCUT2D eigenvalue weighted by molar-refractivity contribution is 5.82. The first-order valence-corrected chi connectivity index (χ1v) is 11.8. The Morgan fingerprint density at radius 2 is 1.86 bits per heavy atom. The lowest BCUT2D eigenvalue weighted by atomic mass is 10.0. The number of nitrogens with zero attached hydrogens (tertiary/aromatic N) is 2. The van der Waals surface area contributed by atoms with Crippen molar-refractivity contribution in [2.75, 3.05) is 13.2 Å². The molecule has 0 unspecified atom stereocenters. The number of nitrogens with one attached hydrogen (secondary N) is 1. The van der Waals surface area contributed by atoms with Gasteiger partial charge in [0, 0.05) is 31.6 Å². The van der Waals surface area contributed by atoms with Crippen molar-refractivity contribution in [3.63, 3.8) is 0 Å². The van der Waals surface area contributed by atoms with E-state index in [1.54, 1.807) is 24.7 Å². The van der Waals surface area contributed by atoms with Gasteiger partial charge in [-0.05, 0) is 43.9 Å². The molecule has 1 atom stereocenters. The Morgan fingerprint density at radius 1 is 1.11 bits per heavy atom. The third-order valence-electron chi connectivity index (χ3n) is 4.80. The largest absolute Gasteiger partial charge is 0.459 e. The van der Waals surface area contributed by atoms with Gasteiger partial charge in [0.2, 0.25) is 0 Å². The molecule has 7 nitrogen and oxygen atoms in total. The van der Waals surface area contributed by atoms with Crippen LogP contribution < -0.4 is 5.32 Å². The number of esters is 2. The zero-order chi connectivity index (χ0) is 25.7. The number of imidazole rings is 1.